The Morgan fingerprint density at radius 1 is 1.60 bits per heavy atom. The molecule has 3 heterocycles. The molecule has 0 amide bonds. The van der Waals surface area contributed by atoms with Gasteiger partial charge in [-0.3, -0.25) is 0 Å². The summed E-state index contributed by atoms with van der Waals surface area (Å²) < 4.78 is 7.55. The highest BCUT2D eigenvalue weighted by molar-refractivity contribution is 5.28. The highest BCUT2D eigenvalue weighted by Gasteiger charge is 2.26. The largest absolute Gasteiger partial charge is 0.467 e. The Kier molecular flexibility index (Phi) is 1.89. The summed E-state index contributed by atoms with van der Waals surface area (Å²) in [5, 5.41) is 3.43. The number of aryl methyl sites for hydroxylation is 1. The monoisotopic (exact) mass is 203 g/mol. The lowest BCUT2D eigenvalue weighted by Crippen LogP contribution is -2.31. The predicted molar refractivity (Wildman–Crippen MR) is 55.5 cm³/mol. The number of furan rings is 1. The van der Waals surface area contributed by atoms with Crippen molar-refractivity contribution in [3.05, 3.63) is 41.9 Å². The van der Waals surface area contributed by atoms with Gasteiger partial charge in [0, 0.05) is 26.0 Å². The SMILES string of the molecule is Cn1ccnc1C1NCCc2ccoc21. The molecule has 0 saturated heterocycles. The van der Waals surface area contributed by atoms with Gasteiger partial charge < -0.3 is 14.3 Å². The molecule has 0 bridgehead atoms. The average Bonchev–Trinajstić information content (AvgIpc) is 2.85. The number of hydrogen-bond donors (Lipinski definition) is 1. The summed E-state index contributed by atoms with van der Waals surface area (Å²) in [6.07, 6.45) is 6.56. The van der Waals surface area contributed by atoms with E-state index in [0.717, 1.165) is 24.6 Å². The lowest BCUT2D eigenvalue weighted by molar-refractivity contribution is 0.409. The zero-order chi connectivity index (χ0) is 10.3. The van der Waals surface area contributed by atoms with Gasteiger partial charge in [-0.05, 0) is 18.1 Å². The minimum Gasteiger partial charge on any atom is -0.467 e. The summed E-state index contributed by atoms with van der Waals surface area (Å²) in [7, 11) is 2.00. The minimum atomic E-state index is 0.101. The molecule has 4 heteroatoms. The summed E-state index contributed by atoms with van der Waals surface area (Å²) in [6, 6.07) is 2.15. The maximum Gasteiger partial charge on any atom is 0.133 e. The Labute approximate surface area is 87.9 Å². The fourth-order valence-corrected chi connectivity index (χ4v) is 2.11. The fraction of sp³-hybridized carbons (Fsp3) is 0.364. The van der Waals surface area contributed by atoms with Gasteiger partial charge in [-0.15, -0.1) is 0 Å². The zero-order valence-electron chi connectivity index (χ0n) is 8.60. The number of fused-ring (bicyclic) bond motifs is 1. The van der Waals surface area contributed by atoms with Gasteiger partial charge in [0.1, 0.15) is 17.6 Å². The van der Waals surface area contributed by atoms with E-state index in [0.29, 0.717) is 0 Å². The fourth-order valence-electron chi connectivity index (χ4n) is 2.11. The molecule has 1 N–H and O–H groups in total. The highest BCUT2D eigenvalue weighted by Crippen LogP contribution is 2.27. The van der Waals surface area contributed by atoms with E-state index in [-0.39, 0.29) is 6.04 Å². The van der Waals surface area contributed by atoms with Crippen LogP contribution in [0.25, 0.3) is 0 Å². The molecule has 0 aliphatic carbocycles. The van der Waals surface area contributed by atoms with Gasteiger partial charge in [0.15, 0.2) is 0 Å². The first-order valence-corrected chi connectivity index (χ1v) is 5.13. The third kappa shape index (κ3) is 1.29. The summed E-state index contributed by atoms with van der Waals surface area (Å²) in [5.41, 5.74) is 1.29. The Balaban J connectivity index is 2.07. The van der Waals surface area contributed by atoms with Crippen LogP contribution in [0.5, 0.6) is 0 Å². The first-order chi connectivity index (χ1) is 7.36. The van der Waals surface area contributed by atoms with Gasteiger partial charge in [-0.25, -0.2) is 4.98 Å². The first kappa shape index (κ1) is 8.73. The van der Waals surface area contributed by atoms with Crippen molar-refractivity contribution in [3.8, 4) is 0 Å². The van der Waals surface area contributed by atoms with Crippen LogP contribution in [0.3, 0.4) is 0 Å². The third-order valence-electron chi connectivity index (χ3n) is 2.90. The topological polar surface area (TPSA) is 43.0 Å². The van der Waals surface area contributed by atoms with Crippen molar-refractivity contribution in [2.45, 2.75) is 12.5 Å². The van der Waals surface area contributed by atoms with Crippen LogP contribution in [0, 0.1) is 0 Å². The second kappa shape index (κ2) is 3.24. The standard InChI is InChI=1S/C11H13N3O/c1-14-6-5-13-11(14)9-10-8(2-4-12-9)3-7-15-10/h3,5-7,9,12H,2,4H2,1H3. The molecule has 0 fully saturated rings. The van der Waals surface area contributed by atoms with Crippen LogP contribution in [0.2, 0.25) is 0 Å². The van der Waals surface area contributed by atoms with Crippen molar-refractivity contribution < 1.29 is 4.42 Å². The summed E-state index contributed by atoms with van der Waals surface area (Å²) in [6.45, 7) is 0.976. The molecule has 2 aromatic rings. The van der Waals surface area contributed by atoms with Crippen LogP contribution in [0.4, 0.5) is 0 Å². The molecule has 3 rings (SSSR count). The van der Waals surface area contributed by atoms with Crippen LogP contribution in [-0.2, 0) is 13.5 Å². The van der Waals surface area contributed by atoms with Crippen LogP contribution >= 0.6 is 0 Å². The van der Waals surface area contributed by atoms with Gasteiger partial charge >= 0.3 is 0 Å². The summed E-state index contributed by atoms with van der Waals surface area (Å²) in [4.78, 5) is 4.36. The predicted octanol–water partition coefficient (Wildman–Crippen LogP) is 1.25. The maximum absolute atomic E-state index is 5.53. The molecule has 15 heavy (non-hydrogen) atoms. The normalized spacial score (nSPS) is 20.2. The van der Waals surface area contributed by atoms with Crippen molar-refractivity contribution in [2.75, 3.05) is 6.54 Å². The van der Waals surface area contributed by atoms with Crippen molar-refractivity contribution in [3.63, 3.8) is 0 Å². The molecule has 1 atom stereocenters. The molecule has 0 radical (unpaired) electrons. The number of nitrogens with zero attached hydrogens (tertiary/aromatic N) is 2. The van der Waals surface area contributed by atoms with E-state index in [1.807, 2.05) is 30.1 Å². The van der Waals surface area contributed by atoms with E-state index in [1.54, 1.807) is 6.26 Å². The number of hydrogen-bond acceptors (Lipinski definition) is 3. The molecular formula is C11H13N3O. The summed E-state index contributed by atoms with van der Waals surface area (Å²) >= 11 is 0. The van der Waals surface area contributed by atoms with Crippen LogP contribution < -0.4 is 5.32 Å². The molecule has 1 aliphatic rings. The number of aromatic nitrogens is 2. The second-order valence-electron chi connectivity index (χ2n) is 3.84. The molecule has 1 aliphatic heterocycles. The highest BCUT2D eigenvalue weighted by atomic mass is 16.3. The van der Waals surface area contributed by atoms with Gasteiger partial charge in [0.25, 0.3) is 0 Å². The van der Waals surface area contributed by atoms with Crippen LogP contribution in [0.1, 0.15) is 23.2 Å². The molecule has 4 nitrogen and oxygen atoms in total. The Morgan fingerprint density at radius 2 is 2.53 bits per heavy atom. The number of nitrogens with one attached hydrogen (secondary N) is 1. The maximum atomic E-state index is 5.53. The Morgan fingerprint density at radius 3 is 3.33 bits per heavy atom. The van der Waals surface area contributed by atoms with Gasteiger partial charge in [0.2, 0.25) is 0 Å². The summed E-state index contributed by atoms with van der Waals surface area (Å²) in [5.74, 6) is 2.02. The molecule has 78 valence electrons. The van der Waals surface area contributed by atoms with Crippen molar-refractivity contribution in [1.82, 2.24) is 14.9 Å². The van der Waals surface area contributed by atoms with Crippen molar-refractivity contribution >= 4 is 0 Å². The molecule has 1 unspecified atom stereocenters. The molecular weight excluding hydrogens is 190 g/mol. The second-order valence-corrected chi connectivity index (χ2v) is 3.84. The van der Waals surface area contributed by atoms with Gasteiger partial charge in [-0.2, -0.15) is 0 Å². The third-order valence-corrected chi connectivity index (χ3v) is 2.90. The minimum absolute atomic E-state index is 0.101. The zero-order valence-corrected chi connectivity index (χ0v) is 8.60. The lowest BCUT2D eigenvalue weighted by atomic mass is 10.0. The molecule has 0 spiro atoms. The van der Waals surface area contributed by atoms with E-state index in [4.69, 9.17) is 4.42 Å². The van der Waals surface area contributed by atoms with Crippen LogP contribution in [-0.4, -0.2) is 16.1 Å². The Hall–Kier alpha value is -1.55. The molecule has 0 aromatic carbocycles. The van der Waals surface area contributed by atoms with E-state index in [9.17, 15) is 0 Å². The number of rotatable bonds is 1. The van der Waals surface area contributed by atoms with Gasteiger partial charge in [-0.1, -0.05) is 0 Å². The van der Waals surface area contributed by atoms with Crippen molar-refractivity contribution in [2.24, 2.45) is 7.05 Å². The smallest absolute Gasteiger partial charge is 0.133 e. The molecule has 2 aromatic heterocycles. The quantitative estimate of drug-likeness (QED) is 0.758. The first-order valence-electron chi connectivity index (χ1n) is 5.13. The van der Waals surface area contributed by atoms with E-state index >= 15 is 0 Å². The Bertz CT molecular complexity index is 472. The van der Waals surface area contributed by atoms with Crippen LogP contribution in [0.15, 0.2) is 29.1 Å². The average molecular weight is 203 g/mol. The van der Waals surface area contributed by atoms with Crippen molar-refractivity contribution in [1.29, 1.82) is 0 Å². The number of imidazole rings is 1. The van der Waals surface area contributed by atoms with Gasteiger partial charge in [0.05, 0.1) is 6.26 Å². The van der Waals surface area contributed by atoms with E-state index in [1.165, 1.54) is 5.56 Å². The lowest BCUT2D eigenvalue weighted by Gasteiger charge is -2.22. The van der Waals surface area contributed by atoms with E-state index in [2.05, 4.69) is 10.3 Å². The van der Waals surface area contributed by atoms with E-state index < -0.39 is 0 Å². The molecule has 0 saturated carbocycles.